The van der Waals surface area contributed by atoms with Crippen molar-refractivity contribution < 1.29 is 9.31 Å². The first kappa shape index (κ1) is 10.7. The van der Waals surface area contributed by atoms with Crippen molar-refractivity contribution in [3.63, 3.8) is 0 Å². The number of hydrogen-bond donors (Lipinski definition) is 0. The maximum atomic E-state index is 13.3. The number of nitro benzene ring substituents is 1. The van der Waals surface area contributed by atoms with Gasteiger partial charge >= 0.3 is 5.69 Å². The molecule has 0 fully saturated rings. The molecular formula is C9H5ClFN3O2. The Labute approximate surface area is 94.0 Å². The molecule has 0 atom stereocenters. The lowest BCUT2D eigenvalue weighted by Gasteiger charge is -2.01. The second-order valence-electron chi connectivity index (χ2n) is 3.14. The Bertz CT molecular complexity index is 603. The van der Waals surface area contributed by atoms with Crippen LogP contribution in [0, 0.1) is 22.9 Å². The molecule has 0 radical (unpaired) electrons. The van der Waals surface area contributed by atoms with E-state index >= 15 is 0 Å². The number of hydrogen-bond acceptors (Lipinski definition) is 4. The summed E-state index contributed by atoms with van der Waals surface area (Å²) in [5, 5.41) is 10.9. The summed E-state index contributed by atoms with van der Waals surface area (Å²) >= 11 is 5.80. The van der Waals surface area contributed by atoms with Crippen LogP contribution in [0.1, 0.15) is 5.82 Å². The highest BCUT2D eigenvalue weighted by Gasteiger charge is 2.17. The summed E-state index contributed by atoms with van der Waals surface area (Å²) in [7, 11) is 0. The van der Waals surface area contributed by atoms with Gasteiger partial charge in [0.15, 0.2) is 0 Å². The number of nitrogens with zero attached hydrogens (tertiary/aromatic N) is 3. The highest BCUT2D eigenvalue weighted by atomic mass is 35.5. The third kappa shape index (κ3) is 1.67. The Balaban J connectivity index is 2.84. The lowest BCUT2D eigenvalue weighted by Crippen LogP contribution is -1.96. The minimum absolute atomic E-state index is 0.0746. The van der Waals surface area contributed by atoms with Gasteiger partial charge in [-0.1, -0.05) is 11.6 Å². The summed E-state index contributed by atoms with van der Waals surface area (Å²) in [5.41, 5.74) is -0.387. The molecule has 0 N–H and O–H groups in total. The fourth-order valence-electron chi connectivity index (χ4n) is 1.35. The molecule has 7 heteroatoms. The maximum Gasteiger partial charge on any atom is 0.305 e. The molecule has 0 saturated carbocycles. The smallest absolute Gasteiger partial charge is 0.258 e. The number of aryl methyl sites for hydroxylation is 1. The van der Waals surface area contributed by atoms with E-state index in [-0.39, 0.29) is 16.1 Å². The van der Waals surface area contributed by atoms with Crippen molar-refractivity contribution in [3.8, 4) is 0 Å². The quantitative estimate of drug-likeness (QED) is 0.437. The number of benzene rings is 1. The van der Waals surface area contributed by atoms with Gasteiger partial charge in [0.2, 0.25) is 5.82 Å². The number of halogens is 2. The van der Waals surface area contributed by atoms with Gasteiger partial charge in [0, 0.05) is 17.5 Å². The van der Waals surface area contributed by atoms with Crippen LogP contribution in [0.4, 0.5) is 10.1 Å². The summed E-state index contributed by atoms with van der Waals surface area (Å²) in [6.45, 7) is 1.60. The van der Waals surface area contributed by atoms with E-state index in [2.05, 4.69) is 9.97 Å². The number of nitro groups is 1. The van der Waals surface area contributed by atoms with Crippen molar-refractivity contribution in [3.05, 3.63) is 39.0 Å². The van der Waals surface area contributed by atoms with E-state index in [1.807, 2.05) is 0 Å². The van der Waals surface area contributed by atoms with Gasteiger partial charge in [0.05, 0.1) is 10.4 Å². The number of rotatable bonds is 1. The van der Waals surface area contributed by atoms with E-state index < -0.39 is 16.4 Å². The predicted molar refractivity (Wildman–Crippen MR) is 55.9 cm³/mol. The van der Waals surface area contributed by atoms with Crippen LogP contribution in [0.5, 0.6) is 0 Å². The van der Waals surface area contributed by atoms with Crippen LogP contribution in [0.3, 0.4) is 0 Å². The molecule has 2 aromatic rings. The van der Waals surface area contributed by atoms with Crippen molar-refractivity contribution >= 4 is 28.2 Å². The average molecular weight is 242 g/mol. The second kappa shape index (κ2) is 3.64. The van der Waals surface area contributed by atoms with Gasteiger partial charge in [0.25, 0.3) is 0 Å². The van der Waals surface area contributed by atoms with E-state index in [0.29, 0.717) is 5.82 Å². The van der Waals surface area contributed by atoms with Crippen molar-refractivity contribution in [2.45, 2.75) is 6.92 Å². The predicted octanol–water partition coefficient (Wildman–Crippen LogP) is 2.64. The molecule has 82 valence electrons. The van der Waals surface area contributed by atoms with Crippen LogP contribution >= 0.6 is 11.6 Å². The van der Waals surface area contributed by atoms with E-state index in [9.17, 15) is 14.5 Å². The van der Waals surface area contributed by atoms with Gasteiger partial charge in [-0.05, 0) is 6.92 Å². The van der Waals surface area contributed by atoms with E-state index in [1.54, 1.807) is 6.92 Å². The summed E-state index contributed by atoms with van der Waals surface area (Å²) in [5.74, 6) is -0.558. The van der Waals surface area contributed by atoms with Crippen molar-refractivity contribution in [1.82, 2.24) is 9.97 Å². The van der Waals surface area contributed by atoms with Crippen LogP contribution < -0.4 is 0 Å². The molecule has 2 rings (SSSR count). The molecular weight excluding hydrogens is 237 g/mol. The van der Waals surface area contributed by atoms with Gasteiger partial charge in [0.1, 0.15) is 11.0 Å². The van der Waals surface area contributed by atoms with Crippen LogP contribution in [0.2, 0.25) is 5.15 Å². The Morgan fingerprint density at radius 1 is 1.44 bits per heavy atom. The number of aromatic nitrogens is 2. The van der Waals surface area contributed by atoms with Crippen LogP contribution in [0.15, 0.2) is 12.1 Å². The first-order valence-corrected chi connectivity index (χ1v) is 4.64. The van der Waals surface area contributed by atoms with Crippen molar-refractivity contribution in [1.29, 1.82) is 0 Å². The Morgan fingerprint density at radius 3 is 2.75 bits per heavy atom. The van der Waals surface area contributed by atoms with Gasteiger partial charge in [-0.15, -0.1) is 0 Å². The second-order valence-corrected chi connectivity index (χ2v) is 3.50. The third-order valence-electron chi connectivity index (χ3n) is 2.03. The number of fused-ring (bicyclic) bond motifs is 1. The zero-order chi connectivity index (χ0) is 11.9. The molecule has 1 aromatic heterocycles. The lowest BCUT2D eigenvalue weighted by molar-refractivity contribution is -0.387. The summed E-state index contributed by atoms with van der Waals surface area (Å²) in [6, 6.07) is 2.01. The first-order chi connectivity index (χ1) is 7.49. The highest BCUT2D eigenvalue weighted by molar-refractivity contribution is 6.34. The molecule has 0 unspecified atom stereocenters. The fourth-order valence-corrected chi connectivity index (χ4v) is 1.62. The molecule has 0 aliphatic carbocycles. The molecule has 0 aliphatic heterocycles. The van der Waals surface area contributed by atoms with E-state index in [0.717, 1.165) is 12.1 Å². The maximum absolute atomic E-state index is 13.3. The average Bonchev–Trinajstić information content (AvgIpc) is 2.15. The molecule has 1 heterocycles. The molecule has 0 amide bonds. The van der Waals surface area contributed by atoms with Gasteiger partial charge in [-0.25, -0.2) is 9.97 Å². The zero-order valence-electron chi connectivity index (χ0n) is 8.07. The monoisotopic (exact) mass is 241 g/mol. The van der Waals surface area contributed by atoms with Crippen LogP contribution in [-0.4, -0.2) is 14.9 Å². The third-order valence-corrected chi connectivity index (χ3v) is 2.31. The Kier molecular flexibility index (Phi) is 2.43. The SMILES string of the molecule is Cc1nc(Cl)c2cc([N+](=O)[O-])c(F)cc2n1. The molecule has 16 heavy (non-hydrogen) atoms. The molecule has 0 aliphatic rings. The van der Waals surface area contributed by atoms with E-state index in [1.165, 1.54) is 0 Å². The molecule has 0 spiro atoms. The van der Waals surface area contributed by atoms with Crippen molar-refractivity contribution in [2.75, 3.05) is 0 Å². The van der Waals surface area contributed by atoms with Crippen LogP contribution in [0.25, 0.3) is 10.9 Å². The summed E-state index contributed by atoms with van der Waals surface area (Å²) < 4.78 is 13.3. The zero-order valence-corrected chi connectivity index (χ0v) is 8.82. The fraction of sp³-hybridized carbons (Fsp3) is 0.111. The normalized spacial score (nSPS) is 10.7. The topological polar surface area (TPSA) is 68.9 Å². The van der Waals surface area contributed by atoms with Crippen molar-refractivity contribution in [2.24, 2.45) is 0 Å². The Hall–Kier alpha value is -1.82. The first-order valence-electron chi connectivity index (χ1n) is 4.27. The molecule has 0 saturated heterocycles. The highest BCUT2D eigenvalue weighted by Crippen LogP contribution is 2.27. The standard InChI is InChI=1S/C9H5ClFN3O2/c1-4-12-7-3-6(11)8(14(15)16)2-5(7)9(10)13-4/h2-3H,1H3. The molecule has 5 nitrogen and oxygen atoms in total. The molecule has 1 aromatic carbocycles. The van der Waals surface area contributed by atoms with Crippen LogP contribution in [-0.2, 0) is 0 Å². The van der Waals surface area contributed by atoms with Gasteiger partial charge in [-0.3, -0.25) is 10.1 Å². The minimum Gasteiger partial charge on any atom is -0.258 e. The summed E-state index contributed by atoms with van der Waals surface area (Å²) in [6.07, 6.45) is 0. The largest absolute Gasteiger partial charge is 0.305 e. The van der Waals surface area contributed by atoms with Gasteiger partial charge < -0.3 is 0 Å². The van der Waals surface area contributed by atoms with E-state index in [4.69, 9.17) is 11.6 Å². The Morgan fingerprint density at radius 2 is 2.12 bits per heavy atom. The van der Waals surface area contributed by atoms with Gasteiger partial charge in [-0.2, -0.15) is 4.39 Å². The minimum atomic E-state index is -0.938. The lowest BCUT2D eigenvalue weighted by atomic mass is 10.2. The summed E-state index contributed by atoms with van der Waals surface area (Å²) in [4.78, 5) is 17.5. The molecule has 0 bridgehead atoms.